The molecule has 0 spiro atoms. The van der Waals surface area contributed by atoms with E-state index in [4.69, 9.17) is 0 Å². The van der Waals surface area contributed by atoms with Crippen molar-refractivity contribution in [3.63, 3.8) is 0 Å². The lowest BCUT2D eigenvalue weighted by molar-refractivity contribution is 0.103. The van der Waals surface area contributed by atoms with Gasteiger partial charge in [-0.15, -0.1) is 0 Å². The molecule has 3 aromatic rings. The summed E-state index contributed by atoms with van der Waals surface area (Å²) >= 11 is 3.44. The van der Waals surface area contributed by atoms with Gasteiger partial charge in [-0.2, -0.15) is 0 Å². The van der Waals surface area contributed by atoms with Crippen molar-refractivity contribution in [2.45, 2.75) is 6.54 Å². The molecule has 0 atom stereocenters. The number of imidazole rings is 1. The molecule has 1 aromatic heterocycles. The van der Waals surface area contributed by atoms with Crippen LogP contribution in [-0.2, 0) is 6.54 Å². The van der Waals surface area contributed by atoms with Crippen molar-refractivity contribution in [2.24, 2.45) is 0 Å². The highest BCUT2D eigenvalue weighted by molar-refractivity contribution is 9.10. The number of carbonyl (C=O) groups is 1. The second kappa shape index (κ2) is 6.06. The number of ketones is 1. The van der Waals surface area contributed by atoms with E-state index < -0.39 is 0 Å². The first kappa shape index (κ1) is 13.8. The molecule has 0 bridgehead atoms. The van der Waals surface area contributed by atoms with Crippen LogP contribution in [0.5, 0.6) is 0 Å². The van der Waals surface area contributed by atoms with Crippen LogP contribution in [-0.4, -0.2) is 15.3 Å². The third-order valence-electron chi connectivity index (χ3n) is 3.26. The smallest absolute Gasteiger partial charge is 0.193 e. The van der Waals surface area contributed by atoms with Gasteiger partial charge < -0.3 is 4.57 Å². The van der Waals surface area contributed by atoms with Gasteiger partial charge in [0, 0.05) is 34.5 Å². The van der Waals surface area contributed by atoms with E-state index in [1.54, 1.807) is 12.5 Å². The van der Waals surface area contributed by atoms with Crippen LogP contribution in [0.2, 0.25) is 0 Å². The van der Waals surface area contributed by atoms with Gasteiger partial charge >= 0.3 is 0 Å². The number of benzene rings is 2. The summed E-state index contributed by atoms with van der Waals surface area (Å²) < 4.78 is 2.85. The minimum atomic E-state index is 0.0343. The molecule has 3 rings (SSSR count). The minimum Gasteiger partial charge on any atom is -0.333 e. The monoisotopic (exact) mass is 340 g/mol. The molecular formula is C17H13BrN2O. The Labute approximate surface area is 131 Å². The van der Waals surface area contributed by atoms with Gasteiger partial charge in [0.05, 0.1) is 6.33 Å². The second-order valence-electron chi connectivity index (χ2n) is 4.73. The minimum absolute atomic E-state index is 0.0343. The van der Waals surface area contributed by atoms with Crippen molar-refractivity contribution in [3.8, 4) is 0 Å². The molecule has 0 aliphatic carbocycles. The molecule has 0 saturated heterocycles. The molecule has 0 aliphatic heterocycles. The summed E-state index contributed by atoms with van der Waals surface area (Å²) in [6.07, 6.45) is 5.37. The van der Waals surface area contributed by atoms with Gasteiger partial charge in [-0.05, 0) is 17.7 Å². The van der Waals surface area contributed by atoms with Gasteiger partial charge in [-0.25, -0.2) is 4.98 Å². The maximum atomic E-state index is 12.7. The Morgan fingerprint density at radius 2 is 1.95 bits per heavy atom. The van der Waals surface area contributed by atoms with E-state index in [1.807, 2.05) is 59.3 Å². The van der Waals surface area contributed by atoms with Crippen LogP contribution in [0.4, 0.5) is 0 Å². The van der Waals surface area contributed by atoms with E-state index in [0.717, 1.165) is 10.0 Å². The molecule has 0 fully saturated rings. The topological polar surface area (TPSA) is 34.9 Å². The normalized spacial score (nSPS) is 10.5. The van der Waals surface area contributed by atoms with Crippen molar-refractivity contribution in [1.29, 1.82) is 0 Å². The van der Waals surface area contributed by atoms with E-state index in [-0.39, 0.29) is 5.78 Å². The number of nitrogens with zero attached hydrogens (tertiary/aromatic N) is 2. The van der Waals surface area contributed by atoms with Crippen molar-refractivity contribution < 1.29 is 4.79 Å². The maximum absolute atomic E-state index is 12.7. The first-order valence-electron chi connectivity index (χ1n) is 6.58. The van der Waals surface area contributed by atoms with E-state index in [9.17, 15) is 4.79 Å². The highest BCUT2D eigenvalue weighted by Crippen LogP contribution is 2.21. The average Bonchev–Trinajstić information content (AvgIpc) is 3.02. The van der Waals surface area contributed by atoms with Crippen molar-refractivity contribution in [3.05, 3.63) is 88.4 Å². The molecular weight excluding hydrogens is 328 g/mol. The Hall–Kier alpha value is -2.20. The van der Waals surface area contributed by atoms with Gasteiger partial charge in [0.2, 0.25) is 0 Å². The number of rotatable bonds is 4. The molecule has 3 nitrogen and oxygen atoms in total. The molecule has 0 unspecified atom stereocenters. The van der Waals surface area contributed by atoms with Crippen molar-refractivity contribution in [1.82, 2.24) is 9.55 Å². The first-order chi connectivity index (χ1) is 10.2. The summed E-state index contributed by atoms with van der Waals surface area (Å²) in [5.41, 5.74) is 2.39. The summed E-state index contributed by atoms with van der Waals surface area (Å²) in [6.45, 7) is 0.626. The molecule has 0 aliphatic rings. The summed E-state index contributed by atoms with van der Waals surface area (Å²) in [4.78, 5) is 16.7. The van der Waals surface area contributed by atoms with Gasteiger partial charge in [0.1, 0.15) is 0 Å². The third-order valence-corrected chi connectivity index (χ3v) is 3.76. The predicted molar refractivity (Wildman–Crippen MR) is 85.3 cm³/mol. The van der Waals surface area contributed by atoms with Crippen LogP contribution in [0.1, 0.15) is 21.5 Å². The zero-order valence-electron chi connectivity index (χ0n) is 11.2. The standard InChI is InChI=1S/C17H13BrN2O/c18-15-7-6-14(11-20-9-8-19-12-20)16(10-15)17(21)13-4-2-1-3-5-13/h1-10,12H,11H2. The number of halogens is 1. The summed E-state index contributed by atoms with van der Waals surface area (Å²) in [5, 5.41) is 0. The van der Waals surface area contributed by atoms with Crippen LogP contribution in [0.3, 0.4) is 0 Å². The van der Waals surface area contributed by atoms with Crippen molar-refractivity contribution in [2.75, 3.05) is 0 Å². The summed E-state index contributed by atoms with van der Waals surface area (Å²) in [5.74, 6) is 0.0343. The largest absolute Gasteiger partial charge is 0.333 e. The van der Waals surface area contributed by atoms with E-state index in [0.29, 0.717) is 17.7 Å². The van der Waals surface area contributed by atoms with Crippen LogP contribution < -0.4 is 0 Å². The highest BCUT2D eigenvalue weighted by Gasteiger charge is 2.14. The second-order valence-corrected chi connectivity index (χ2v) is 5.65. The Morgan fingerprint density at radius 3 is 2.67 bits per heavy atom. The Morgan fingerprint density at radius 1 is 1.14 bits per heavy atom. The molecule has 0 saturated carbocycles. The van der Waals surface area contributed by atoms with Gasteiger partial charge in [-0.3, -0.25) is 4.79 Å². The summed E-state index contributed by atoms with van der Waals surface area (Å²) in [7, 11) is 0. The summed E-state index contributed by atoms with van der Waals surface area (Å²) in [6, 6.07) is 15.1. The Balaban J connectivity index is 2.00. The average molecular weight is 341 g/mol. The highest BCUT2D eigenvalue weighted by atomic mass is 79.9. The lowest BCUT2D eigenvalue weighted by atomic mass is 9.98. The fourth-order valence-corrected chi connectivity index (χ4v) is 2.58. The van der Waals surface area contributed by atoms with Gasteiger partial charge in [-0.1, -0.05) is 52.3 Å². The number of hydrogen-bond acceptors (Lipinski definition) is 2. The predicted octanol–water partition coefficient (Wildman–Crippen LogP) is 3.92. The Kier molecular flexibility index (Phi) is 3.97. The van der Waals surface area contributed by atoms with Crippen molar-refractivity contribution >= 4 is 21.7 Å². The lowest BCUT2D eigenvalue weighted by Crippen LogP contribution is -2.08. The number of carbonyl (C=O) groups excluding carboxylic acids is 1. The molecule has 0 radical (unpaired) electrons. The Bertz CT molecular complexity index is 752. The molecule has 0 N–H and O–H groups in total. The zero-order chi connectivity index (χ0) is 14.7. The fourth-order valence-electron chi connectivity index (χ4n) is 2.22. The van der Waals surface area contributed by atoms with E-state index in [2.05, 4.69) is 20.9 Å². The van der Waals surface area contributed by atoms with E-state index in [1.165, 1.54) is 0 Å². The third kappa shape index (κ3) is 3.11. The van der Waals surface area contributed by atoms with Gasteiger partial charge in [0.25, 0.3) is 0 Å². The van der Waals surface area contributed by atoms with E-state index >= 15 is 0 Å². The van der Waals surface area contributed by atoms with Crippen LogP contribution in [0.15, 0.2) is 71.7 Å². The SMILES string of the molecule is O=C(c1ccccc1)c1cc(Br)ccc1Cn1ccnc1. The lowest BCUT2D eigenvalue weighted by Gasteiger charge is -2.10. The van der Waals surface area contributed by atoms with Gasteiger partial charge in [0.15, 0.2) is 5.78 Å². The number of hydrogen-bond donors (Lipinski definition) is 0. The molecule has 2 aromatic carbocycles. The maximum Gasteiger partial charge on any atom is 0.193 e. The van der Waals surface area contributed by atoms with Crippen LogP contribution >= 0.6 is 15.9 Å². The first-order valence-corrected chi connectivity index (χ1v) is 7.37. The molecule has 4 heteroatoms. The fraction of sp³-hybridized carbons (Fsp3) is 0.0588. The molecule has 21 heavy (non-hydrogen) atoms. The zero-order valence-corrected chi connectivity index (χ0v) is 12.8. The number of aromatic nitrogens is 2. The quantitative estimate of drug-likeness (QED) is 0.674. The molecule has 1 heterocycles. The molecule has 0 amide bonds. The van der Waals surface area contributed by atoms with Crippen LogP contribution in [0.25, 0.3) is 0 Å². The molecule has 104 valence electrons. The van der Waals surface area contributed by atoms with Crippen LogP contribution in [0, 0.1) is 0 Å².